The van der Waals surface area contributed by atoms with E-state index in [2.05, 4.69) is 0 Å². The highest BCUT2D eigenvalue weighted by atomic mass is 35.5. The zero-order valence-electron chi connectivity index (χ0n) is 14.0. The van der Waals surface area contributed by atoms with Gasteiger partial charge in [-0.25, -0.2) is 4.39 Å². The second kappa shape index (κ2) is 7.16. The summed E-state index contributed by atoms with van der Waals surface area (Å²) in [5.41, 5.74) is 2.52. The van der Waals surface area contributed by atoms with Crippen molar-refractivity contribution in [2.24, 2.45) is 0 Å². The molecule has 0 N–H and O–H groups in total. The van der Waals surface area contributed by atoms with Crippen molar-refractivity contribution in [3.05, 3.63) is 95.3 Å². The first-order valence-corrected chi connectivity index (χ1v) is 8.19. The maximum absolute atomic E-state index is 13.4. The predicted molar refractivity (Wildman–Crippen MR) is 98.1 cm³/mol. The minimum absolute atomic E-state index is 0.299. The van der Waals surface area contributed by atoms with E-state index in [0.29, 0.717) is 0 Å². The molecule has 25 heavy (non-hydrogen) atoms. The Morgan fingerprint density at radius 3 is 1.28 bits per heavy atom. The maximum atomic E-state index is 13.4. The van der Waals surface area contributed by atoms with Crippen LogP contribution in [0, 0.1) is 5.82 Å². The van der Waals surface area contributed by atoms with E-state index in [1.165, 1.54) is 12.1 Å². The summed E-state index contributed by atoms with van der Waals surface area (Å²) in [6.07, 6.45) is 0. The lowest BCUT2D eigenvalue weighted by molar-refractivity contribution is 0.414. The highest BCUT2D eigenvalue weighted by Gasteiger charge is 2.34. The molecule has 2 nitrogen and oxygen atoms in total. The van der Waals surface area contributed by atoms with Crippen LogP contribution in [0.15, 0.2) is 72.8 Å². The van der Waals surface area contributed by atoms with Crippen LogP contribution in [0.3, 0.4) is 0 Å². The number of hydrogen-bond acceptors (Lipinski definition) is 2. The van der Waals surface area contributed by atoms with E-state index in [1.54, 1.807) is 26.4 Å². The maximum Gasteiger partial charge on any atom is 0.123 e. The van der Waals surface area contributed by atoms with Crippen molar-refractivity contribution in [2.75, 3.05) is 14.2 Å². The lowest BCUT2D eigenvalue weighted by Crippen LogP contribution is -2.22. The fourth-order valence-corrected chi connectivity index (χ4v) is 3.20. The van der Waals surface area contributed by atoms with Crippen molar-refractivity contribution in [1.82, 2.24) is 0 Å². The molecular formula is C21H18ClFO2. The van der Waals surface area contributed by atoms with Gasteiger partial charge >= 0.3 is 0 Å². The molecule has 128 valence electrons. The fraction of sp³-hybridized carbons (Fsp3) is 0.143. The summed E-state index contributed by atoms with van der Waals surface area (Å²) in [5.74, 6) is 1.19. The molecular weight excluding hydrogens is 339 g/mol. The summed E-state index contributed by atoms with van der Waals surface area (Å²) in [7, 11) is 3.23. The molecule has 0 spiro atoms. The summed E-state index contributed by atoms with van der Waals surface area (Å²) in [6, 6.07) is 21.3. The van der Waals surface area contributed by atoms with Crippen molar-refractivity contribution < 1.29 is 13.9 Å². The van der Waals surface area contributed by atoms with Crippen LogP contribution < -0.4 is 9.47 Å². The molecule has 0 saturated carbocycles. The van der Waals surface area contributed by atoms with E-state index in [1.807, 2.05) is 48.5 Å². The Labute approximate surface area is 151 Å². The molecule has 0 aliphatic carbocycles. The average Bonchev–Trinajstić information content (AvgIpc) is 2.68. The third kappa shape index (κ3) is 3.33. The van der Waals surface area contributed by atoms with Crippen LogP contribution in [-0.4, -0.2) is 14.2 Å². The highest BCUT2D eigenvalue weighted by Crippen LogP contribution is 2.43. The summed E-state index contributed by atoms with van der Waals surface area (Å²) < 4.78 is 23.9. The van der Waals surface area contributed by atoms with E-state index in [-0.39, 0.29) is 5.82 Å². The van der Waals surface area contributed by atoms with Gasteiger partial charge in [-0.05, 0) is 53.1 Å². The number of rotatable bonds is 5. The van der Waals surface area contributed by atoms with Gasteiger partial charge in [0.2, 0.25) is 0 Å². The van der Waals surface area contributed by atoms with Gasteiger partial charge < -0.3 is 9.47 Å². The number of halogens is 2. The molecule has 4 heteroatoms. The summed E-state index contributed by atoms with van der Waals surface area (Å²) in [4.78, 5) is -0.952. The van der Waals surface area contributed by atoms with Gasteiger partial charge in [0, 0.05) is 0 Å². The van der Waals surface area contributed by atoms with Gasteiger partial charge in [-0.1, -0.05) is 36.4 Å². The minimum Gasteiger partial charge on any atom is -0.497 e. The van der Waals surface area contributed by atoms with Crippen LogP contribution >= 0.6 is 11.6 Å². The van der Waals surface area contributed by atoms with Gasteiger partial charge in [0.05, 0.1) is 14.2 Å². The zero-order chi connectivity index (χ0) is 17.9. The van der Waals surface area contributed by atoms with E-state index in [4.69, 9.17) is 21.1 Å². The summed E-state index contributed by atoms with van der Waals surface area (Å²) in [6.45, 7) is 0. The Hall–Kier alpha value is -2.52. The molecule has 0 fully saturated rings. The Morgan fingerprint density at radius 2 is 0.960 bits per heavy atom. The first kappa shape index (κ1) is 17.3. The van der Waals surface area contributed by atoms with E-state index >= 15 is 0 Å². The molecule has 0 aliphatic rings. The lowest BCUT2D eigenvalue weighted by atomic mass is 9.84. The normalized spacial score (nSPS) is 11.2. The summed E-state index contributed by atoms with van der Waals surface area (Å²) >= 11 is 7.15. The van der Waals surface area contributed by atoms with Crippen molar-refractivity contribution in [1.29, 1.82) is 0 Å². The molecule has 0 heterocycles. The fourth-order valence-electron chi connectivity index (χ4n) is 2.82. The molecule has 0 saturated heterocycles. The Kier molecular flexibility index (Phi) is 4.95. The minimum atomic E-state index is -0.952. The van der Waals surface area contributed by atoms with Crippen molar-refractivity contribution in [3.8, 4) is 11.5 Å². The van der Waals surface area contributed by atoms with Gasteiger partial charge in [-0.2, -0.15) is 0 Å². The van der Waals surface area contributed by atoms with Crippen LogP contribution in [0.25, 0.3) is 0 Å². The van der Waals surface area contributed by atoms with Crippen molar-refractivity contribution in [3.63, 3.8) is 0 Å². The SMILES string of the molecule is COc1ccc(C(Cl)(c2ccc(F)cc2)c2ccc(OC)cc2)cc1. The van der Waals surface area contributed by atoms with Crippen molar-refractivity contribution in [2.45, 2.75) is 4.87 Å². The zero-order valence-corrected chi connectivity index (χ0v) is 14.8. The van der Waals surface area contributed by atoms with Gasteiger partial charge in [0.1, 0.15) is 22.2 Å². The molecule has 0 amide bonds. The second-order valence-electron chi connectivity index (χ2n) is 5.62. The van der Waals surface area contributed by atoms with E-state index < -0.39 is 4.87 Å². The largest absolute Gasteiger partial charge is 0.497 e. The topological polar surface area (TPSA) is 18.5 Å². The third-order valence-corrected chi connectivity index (χ3v) is 4.87. The smallest absolute Gasteiger partial charge is 0.123 e. The Balaban J connectivity index is 2.16. The van der Waals surface area contributed by atoms with Crippen LogP contribution in [-0.2, 0) is 4.87 Å². The van der Waals surface area contributed by atoms with E-state index in [9.17, 15) is 4.39 Å². The lowest BCUT2D eigenvalue weighted by Gasteiger charge is -2.29. The predicted octanol–water partition coefficient (Wildman–Crippen LogP) is 5.37. The van der Waals surface area contributed by atoms with Gasteiger partial charge in [0.25, 0.3) is 0 Å². The molecule has 0 radical (unpaired) electrons. The molecule has 0 atom stereocenters. The molecule has 3 aromatic rings. The monoisotopic (exact) mass is 356 g/mol. The second-order valence-corrected chi connectivity index (χ2v) is 6.19. The summed E-state index contributed by atoms with van der Waals surface area (Å²) in [5, 5.41) is 0. The average molecular weight is 357 g/mol. The van der Waals surface area contributed by atoms with Crippen LogP contribution in [0.5, 0.6) is 11.5 Å². The first-order chi connectivity index (χ1) is 12.1. The molecule has 3 aromatic carbocycles. The Morgan fingerprint density at radius 1 is 0.640 bits per heavy atom. The number of hydrogen-bond donors (Lipinski definition) is 0. The highest BCUT2D eigenvalue weighted by molar-refractivity contribution is 6.28. The molecule has 0 aliphatic heterocycles. The quantitative estimate of drug-likeness (QED) is 0.451. The third-order valence-electron chi connectivity index (χ3n) is 4.22. The standard InChI is InChI=1S/C21H18ClFO2/c1-24-19-11-5-16(6-12-19)21(22,15-3-9-18(23)10-4-15)17-7-13-20(25-2)14-8-17/h3-14H,1-2H3. The molecule has 0 bridgehead atoms. The number of benzene rings is 3. The van der Waals surface area contributed by atoms with E-state index in [0.717, 1.165) is 28.2 Å². The Bertz CT molecular complexity index is 780. The van der Waals surface area contributed by atoms with Gasteiger partial charge in [0.15, 0.2) is 0 Å². The number of methoxy groups -OCH3 is 2. The van der Waals surface area contributed by atoms with Crippen LogP contribution in [0.4, 0.5) is 4.39 Å². The van der Waals surface area contributed by atoms with Crippen LogP contribution in [0.1, 0.15) is 16.7 Å². The molecule has 0 aromatic heterocycles. The van der Waals surface area contributed by atoms with Gasteiger partial charge in [-0.3, -0.25) is 0 Å². The van der Waals surface area contributed by atoms with Gasteiger partial charge in [-0.15, -0.1) is 11.6 Å². The molecule has 0 unspecified atom stereocenters. The van der Waals surface area contributed by atoms with Crippen molar-refractivity contribution >= 4 is 11.6 Å². The number of ether oxygens (including phenoxy) is 2. The number of alkyl halides is 1. The first-order valence-electron chi connectivity index (χ1n) is 7.82. The van der Waals surface area contributed by atoms with Crippen LogP contribution in [0.2, 0.25) is 0 Å². The molecule has 3 rings (SSSR count).